The van der Waals surface area contributed by atoms with Crippen LogP contribution < -0.4 is 10.6 Å². The number of carbonyl (C=O) groups excluding carboxylic acids is 2. The lowest BCUT2D eigenvalue weighted by Gasteiger charge is -2.06. The highest BCUT2D eigenvalue weighted by Gasteiger charge is 2.12. The number of nitro groups is 1. The molecule has 1 aromatic heterocycles. The van der Waals surface area contributed by atoms with Gasteiger partial charge >= 0.3 is 0 Å². The van der Waals surface area contributed by atoms with Crippen molar-refractivity contribution in [1.29, 1.82) is 0 Å². The van der Waals surface area contributed by atoms with Crippen LogP contribution in [0.25, 0.3) is 5.69 Å². The molecule has 1 heterocycles. The Balaban J connectivity index is 1.48. The van der Waals surface area contributed by atoms with Gasteiger partial charge in [-0.3, -0.25) is 19.7 Å². The molecule has 3 aromatic rings. The fourth-order valence-corrected chi connectivity index (χ4v) is 2.46. The van der Waals surface area contributed by atoms with Crippen molar-refractivity contribution in [3.05, 3.63) is 88.2 Å². The summed E-state index contributed by atoms with van der Waals surface area (Å²) in [4.78, 5) is 34.1. The molecular formula is C19H17N5O4. The largest absolute Gasteiger partial charge is 0.350 e. The van der Waals surface area contributed by atoms with Gasteiger partial charge in [-0.1, -0.05) is 24.3 Å². The molecule has 2 aromatic carbocycles. The van der Waals surface area contributed by atoms with E-state index in [-0.39, 0.29) is 30.2 Å². The molecule has 9 heteroatoms. The Morgan fingerprint density at radius 1 is 1.07 bits per heavy atom. The topological polar surface area (TPSA) is 119 Å². The van der Waals surface area contributed by atoms with Crippen molar-refractivity contribution >= 4 is 17.5 Å². The summed E-state index contributed by atoms with van der Waals surface area (Å²) in [7, 11) is 0. The summed E-state index contributed by atoms with van der Waals surface area (Å²) in [6, 6.07) is 14.9. The van der Waals surface area contributed by atoms with E-state index in [4.69, 9.17) is 0 Å². The second kappa shape index (κ2) is 8.58. The maximum Gasteiger partial charge on any atom is 0.270 e. The van der Waals surface area contributed by atoms with Crippen LogP contribution in [0.15, 0.2) is 67.0 Å². The van der Waals surface area contributed by atoms with Crippen molar-refractivity contribution in [3.8, 4) is 5.69 Å². The van der Waals surface area contributed by atoms with E-state index < -0.39 is 10.8 Å². The predicted octanol–water partition coefficient (Wildman–Crippen LogP) is 1.83. The zero-order valence-corrected chi connectivity index (χ0v) is 14.7. The van der Waals surface area contributed by atoms with Gasteiger partial charge < -0.3 is 10.6 Å². The molecular weight excluding hydrogens is 362 g/mol. The number of nitrogens with one attached hydrogen (secondary N) is 2. The minimum absolute atomic E-state index is 0.117. The maximum atomic E-state index is 12.0. The van der Waals surface area contributed by atoms with Crippen LogP contribution in [0.1, 0.15) is 15.9 Å². The summed E-state index contributed by atoms with van der Waals surface area (Å²) in [6.45, 7) is 0.0205. The number of amides is 2. The smallest absolute Gasteiger partial charge is 0.270 e. The second-order valence-electron chi connectivity index (χ2n) is 5.90. The van der Waals surface area contributed by atoms with Crippen molar-refractivity contribution in [3.63, 3.8) is 0 Å². The fourth-order valence-electron chi connectivity index (χ4n) is 2.46. The quantitative estimate of drug-likeness (QED) is 0.479. The average molecular weight is 379 g/mol. The van der Waals surface area contributed by atoms with Crippen LogP contribution in [-0.4, -0.2) is 33.1 Å². The van der Waals surface area contributed by atoms with Crippen molar-refractivity contribution in [1.82, 2.24) is 20.4 Å². The van der Waals surface area contributed by atoms with E-state index in [0.717, 1.165) is 17.3 Å². The molecule has 0 aliphatic rings. The Hall–Kier alpha value is -4.01. The lowest BCUT2D eigenvalue weighted by atomic mass is 10.2. The molecule has 2 N–H and O–H groups in total. The molecule has 0 saturated heterocycles. The van der Waals surface area contributed by atoms with Crippen molar-refractivity contribution in [2.75, 3.05) is 6.54 Å². The summed E-state index contributed by atoms with van der Waals surface area (Å²) in [5.41, 5.74) is 1.64. The number of non-ortho nitro benzene ring substituents is 1. The normalized spacial score (nSPS) is 10.3. The van der Waals surface area contributed by atoms with Gasteiger partial charge in [0, 0.05) is 36.0 Å². The molecule has 0 fully saturated rings. The summed E-state index contributed by atoms with van der Waals surface area (Å²) in [6.07, 6.45) is 3.45. The third-order valence-corrected chi connectivity index (χ3v) is 3.88. The van der Waals surface area contributed by atoms with Crippen molar-refractivity contribution < 1.29 is 14.5 Å². The van der Waals surface area contributed by atoms with Crippen molar-refractivity contribution in [2.24, 2.45) is 0 Å². The van der Waals surface area contributed by atoms with Gasteiger partial charge in [-0.2, -0.15) is 5.10 Å². The van der Waals surface area contributed by atoms with Gasteiger partial charge in [-0.25, -0.2) is 4.68 Å². The Bertz CT molecular complexity index is 1000. The highest BCUT2D eigenvalue weighted by molar-refractivity contribution is 5.96. The zero-order chi connectivity index (χ0) is 19.9. The molecule has 0 radical (unpaired) electrons. The number of nitro benzene ring substituents is 1. The molecule has 9 nitrogen and oxygen atoms in total. The number of hydrogen-bond acceptors (Lipinski definition) is 5. The average Bonchev–Trinajstić information content (AvgIpc) is 3.20. The van der Waals surface area contributed by atoms with Gasteiger partial charge in [0.1, 0.15) is 0 Å². The second-order valence-corrected chi connectivity index (χ2v) is 5.90. The van der Waals surface area contributed by atoms with E-state index in [1.54, 1.807) is 17.1 Å². The van der Waals surface area contributed by atoms with Gasteiger partial charge in [0.25, 0.3) is 11.6 Å². The first kappa shape index (κ1) is 18.8. The number of rotatable bonds is 7. The zero-order valence-electron chi connectivity index (χ0n) is 14.7. The van der Waals surface area contributed by atoms with Crippen LogP contribution >= 0.6 is 0 Å². The molecule has 0 saturated carbocycles. The van der Waals surface area contributed by atoms with E-state index in [9.17, 15) is 19.7 Å². The Kier molecular flexibility index (Phi) is 5.75. The van der Waals surface area contributed by atoms with Gasteiger partial charge in [0.2, 0.25) is 5.91 Å². The Morgan fingerprint density at radius 2 is 1.86 bits per heavy atom. The van der Waals surface area contributed by atoms with Gasteiger partial charge in [0.15, 0.2) is 0 Å². The molecule has 142 valence electrons. The van der Waals surface area contributed by atoms with Crippen LogP contribution in [0.5, 0.6) is 0 Å². The van der Waals surface area contributed by atoms with Crippen LogP contribution in [0.4, 0.5) is 5.69 Å². The Morgan fingerprint density at radius 3 is 2.61 bits per heavy atom. The molecule has 0 spiro atoms. The number of nitrogens with zero attached hydrogens (tertiary/aromatic N) is 3. The minimum atomic E-state index is -0.584. The summed E-state index contributed by atoms with van der Waals surface area (Å²) < 4.78 is 1.70. The molecule has 0 aliphatic carbocycles. The van der Waals surface area contributed by atoms with Gasteiger partial charge in [0.05, 0.1) is 23.4 Å². The third-order valence-electron chi connectivity index (χ3n) is 3.88. The van der Waals surface area contributed by atoms with Crippen LogP contribution in [0, 0.1) is 10.1 Å². The van der Waals surface area contributed by atoms with E-state index >= 15 is 0 Å². The molecule has 3 rings (SSSR count). The molecule has 0 unspecified atom stereocenters. The number of hydrogen-bond donors (Lipinski definition) is 2. The highest BCUT2D eigenvalue weighted by Crippen LogP contribution is 2.12. The highest BCUT2D eigenvalue weighted by atomic mass is 16.6. The summed E-state index contributed by atoms with van der Waals surface area (Å²) in [5, 5.41) is 20.1. The fraction of sp³-hybridized carbons (Fsp3) is 0.105. The molecule has 0 aliphatic heterocycles. The molecule has 2 amide bonds. The van der Waals surface area contributed by atoms with Crippen LogP contribution in [0.3, 0.4) is 0 Å². The van der Waals surface area contributed by atoms with Gasteiger partial charge in [-0.15, -0.1) is 0 Å². The lowest BCUT2D eigenvalue weighted by molar-refractivity contribution is -0.384. The van der Waals surface area contributed by atoms with E-state index in [0.29, 0.717) is 0 Å². The maximum absolute atomic E-state index is 12.0. The van der Waals surface area contributed by atoms with E-state index in [1.807, 2.05) is 30.3 Å². The molecule has 0 bridgehead atoms. The SMILES string of the molecule is O=C(CNC(=O)c1cccc([N+](=O)[O-])c1)NCc1cnn(-c2ccccc2)c1. The summed E-state index contributed by atoms with van der Waals surface area (Å²) in [5.74, 6) is -0.943. The first-order chi connectivity index (χ1) is 13.5. The monoisotopic (exact) mass is 379 g/mol. The van der Waals surface area contributed by atoms with Crippen LogP contribution in [0.2, 0.25) is 0 Å². The number of para-hydroxylation sites is 1. The standard InChI is InChI=1S/C19H17N5O4/c25-18(12-21-19(26)15-5-4-8-17(9-15)24(27)28)20-10-14-11-22-23(13-14)16-6-2-1-3-7-16/h1-9,11,13H,10,12H2,(H,20,25)(H,21,26). The first-order valence-electron chi connectivity index (χ1n) is 8.41. The molecule has 28 heavy (non-hydrogen) atoms. The third kappa shape index (κ3) is 4.79. The van der Waals surface area contributed by atoms with Crippen molar-refractivity contribution in [2.45, 2.75) is 6.54 Å². The van der Waals surface area contributed by atoms with Gasteiger partial charge in [-0.05, 0) is 18.2 Å². The summed E-state index contributed by atoms with van der Waals surface area (Å²) >= 11 is 0. The molecule has 0 atom stereocenters. The first-order valence-corrected chi connectivity index (χ1v) is 8.41. The minimum Gasteiger partial charge on any atom is -0.350 e. The number of carbonyl (C=O) groups is 2. The number of benzene rings is 2. The Labute approximate surface area is 160 Å². The predicted molar refractivity (Wildman–Crippen MR) is 101 cm³/mol. The van der Waals surface area contributed by atoms with Crippen LogP contribution in [-0.2, 0) is 11.3 Å². The van der Waals surface area contributed by atoms with E-state index in [2.05, 4.69) is 15.7 Å². The number of aromatic nitrogens is 2. The lowest BCUT2D eigenvalue weighted by Crippen LogP contribution is -2.36. The van der Waals surface area contributed by atoms with E-state index in [1.165, 1.54) is 18.2 Å².